The van der Waals surface area contributed by atoms with Gasteiger partial charge >= 0.3 is 11.9 Å². The number of nitro benzene ring substituents is 1. The maximum absolute atomic E-state index is 11.7. The third kappa shape index (κ3) is 2.73. The van der Waals surface area contributed by atoms with E-state index in [0.717, 1.165) is 13.2 Å². The van der Waals surface area contributed by atoms with Gasteiger partial charge in [0.05, 0.1) is 18.1 Å². The number of rotatable bonds is 3. The predicted molar refractivity (Wildman–Crippen MR) is 68.8 cm³/mol. The monoisotopic (exact) mass is 291 g/mol. The first-order valence-corrected chi connectivity index (χ1v) is 5.64. The molecule has 0 radical (unpaired) electrons. The maximum atomic E-state index is 11.7. The summed E-state index contributed by atoms with van der Waals surface area (Å²) in [6.07, 6.45) is 0.825. The highest BCUT2D eigenvalue weighted by atomic mass is 16.6. The molecular formula is C13H9NO7. The zero-order valence-electron chi connectivity index (χ0n) is 10.7. The summed E-state index contributed by atoms with van der Waals surface area (Å²) in [4.78, 5) is 32.8. The Balaban J connectivity index is 2.42. The molecular weight excluding hydrogens is 282 g/mol. The number of nitrogens with zero attached hydrogens (tertiary/aromatic N) is 1. The van der Waals surface area contributed by atoms with Gasteiger partial charge in [0.15, 0.2) is 11.5 Å². The van der Waals surface area contributed by atoms with Gasteiger partial charge in [-0.1, -0.05) is 0 Å². The van der Waals surface area contributed by atoms with E-state index in [-0.39, 0.29) is 22.6 Å². The van der Waals surface area contributed by atoms with E-state index in [1.165, 1.54) is 24.3 Å². The molecule has 0 fully saturated rings. The van der Waals surface area contributed by atoms with Crippen LogP contribution in [0.2, 0.25) is 0 Å². The van der Waals surface area contributed by atoms with Gasteiger partial charge in [0.2, 0.25) is 0 Å². The van der Waals surface area contributed by atoms with Crippen molar-refractivity contribution in [2.75, 3.05) is 7.11 Å². The van der Waals surface area contributed by atoms with Gasteiger partial charge in [-0.05, 0) is 17.7 Å². The summed E-state index contributed by atoms with van der Waals surface area (Å²) in [6.45, 7) is 0. The Labute approximate surface area is 118 Å². The van der Waals surface area contributed by atoms with Crippen LogP contribution in [0.4, 0.5) is 5.69 Å². The molecule has 0 bridgehead atoms. The minimum atomic E-state index is -0.864. The maximum Gasteiger partial charge on any atom is 0.348 e. The lowest BCUT2D eigenvalue weighted by Crippen LogP contribution is -2.00. The number of methoxy groups -OCH3 is 1. The first-order chi connectivity index (χ1) is 9.93. The molecule has 2 rings (SSSR count). The summed E-state index contributed by atoms with van der Waals surface area (Å²) >= 11 is 0. The molecule has 1 heterocycles. The molecule has 0 saturated carbocycles. The Morgan fingerprint density at radius 2 is 2.00 bits per heavy atom. The summed E-state index contributed by atoms with van der Waals surface area (Å²) in [7, 11) is 1.13. The van der Waals surface area contributed by atoms with Crippen molar-refractivity contribution in [2.45, 2.75) is 0 Å². The van der Waals surface area contributed by atoms with Gasteiger partial charge in [0, 0.05) is 12.1 Å². The van der Waals surface area contributed by atoms with E-state index < -0.39 is 22.6 Å². The molecule has 0 aliphatic carbocycles. The van der Waals surface area contributed by atoms with Crippen molar-refractivity contribution in [2.24, 2.45) is 0 Å². The molecule has 0 saturated heterocycles. The van der Waals surface area contributed by atoms with Crippen molar-refractivity contribution in [1.29, 1.82) is 0 Å². The summed E-state index contributed by atoms with van der Waals surface area (Å²) in [6, 6.07) is 4.97. The van der Waals surface area contributed by atoms with Crippen molar-refractivity contribution in [3.05, 3.63) is 57.5 Å². The topological polar surface area (TPSA) is 116 Å². The average Bonchev–Trinajstić information content (AvgIpc) is 2.73. The second-order valence-electron chi connectivity index (χ2n) is 3.95. The first-order valence-electron chi connectivity index (χ1n) is 5.64. The minimum Gasteiger partial charge on any atom is -0.504 e. The molecule has 0 unspecified atom stereocenters. The van der Waals surface area contributed by atoms with Crippen LogP contribution in [0.5, 0.6) is 0 Å². The number of aliphatic hydroxyl groups excluding tert-OH is 1. The molecule has 1 aromatic carbocycles. The van der Waals surface area contributed by atoms with Crippen molar-refractivity contribution < 1.29 is 29.1 Å². The quantitative estimate of drug-likeness (QED) is 0.388. The van der Waals surface area contributed by atoms with Crippen LogP contribution in [0.3, 0.4) is 0 Å². The summed E-state index contributed by atoms with van der Waals surface area (Å²) in [5.74, 6) is -2.52. The molecule has 8 nitrogen and oxygen atoms in total. The van der Waals surface area contributed by atoms with Crippen molar-refractivity contribution in [3.8, 4) is 0 Å². The average molecular weight is 291 g/mol. The van der Waals surface area contributed by atoms with Crippen molar-refractivity contribution >= 4 is 23.2 Å². The molecule has 108 valence electrons. The van der Waals surface area contributed by atoms with Crippen LogP contribution >= 0.6 is 0 Å². The van der Waals surface area contributed by atoms with E-state index in [4.69, 9.17) is 4.74 Å². The van der Waals surface area contributed by atoms with Crippen LogP contribution in [-0.2, 0) is 19.1 Å². The van der Waals surface area contributed by atoms with E-state index in [2.05, 4.69) is 4.74 Å². The Morgan fingerprint density at radius 3 is 2.52 bits per heavy atom. The van der Waals surface area contributed by atoms with Gasteiger partial charge in [-0.15, -0.1) is 0 Å². The SMILES string of the molecule is COC(=O)/C=C1\OC(=O)C(c2ccc([N+](=O)[O-])cc2)=C1O. The highest BCUT2D eigenvalue weighted by molar-refractivity contribution is 6.20. The predicted octanol–water partition coefficient (Wildman–Crippen LogP) is 1.48. The number of esters is 2. The molecule has 8 heteroatoms. The Bertz CT molecular complexity index is 685. The van der Waals surface area contributed by atoms with Gasteiger partial charge in [-0.2, -0.15) is 0 Å². The highest BCUT2D eigenvalue weighted by Gasteiger charge is 2.32. The van der Waals surface area contributed by atoms with Crippen molar-refractivity contribution in [3.63, 3.8) is 0 Å². The lowest BCUT2D eigenvalue weighted by Gasteiger charge is -1.98. The number of hydrogen-bond acceptors (Lipinski definition) is 7. The third-order valence-electron chi connectivity index (χ3n) is 2.69. The molecule has 0 spiro atoms. The standard InChI is InChI=1S/C13H9NO7/c1-20-10(15)6-9-12(16)11(13(17)21-9)7-2-4-8(5-3-7)14(18)19/h2-6,16H,1H3/b9-6-. The number of carbonyl (C=O) groups excluding carboxylic acids is 2. The Morgan fingerprint density at radius 1 is 1.38 bits per heavy atom. The fraction of sp³-hybridized carbons (Fsp3) is 0.0769. The van der Waals surface area contributed by atoms with E-state index >= 15 is 0 Å². The Kier molecular flexibility index (Phi) is 3.70. The van der Waals surface area contributed by atoms with Gasteiger partial charge < -0.3 is 14.6 Å². The molecule has 21 heavy (non-hydrogen) atoms. The number of ether oxygens (including phenoxy) is 2. The normalized spacial score (nSPS) is 16.0. The van der Waals surface area contributed by atoms with Crippen LogP contribution in [0, 0.1) is 10.1 Å². The van der Waals surface area contributed by atoms with Crippen LogP contribution in [0.15, 0.2) is 41.9 Å². The van der Waals surface area contributed by atoms with E-state index in [1.807, 2.05) is 0 Å². The van der Waals surface area contributed by atoms with E-state index in [0.29, 0.717) is 0 Å². The van der Waals surface area contributed by atoms with Crippen LogP contribution in [0.1, 0.15) is 5.56 Å². The van der Waals surface area contributed by atoms with E-state index in [1.54, 1.807) is 0 Å². The lowest BCUT2D eigenvalue weighted by atomic mass is 10.1. The molecule has 0 aromatic heterocycles. The molecule has 0 amide bonds. The molecule has 1 aromatic rings. The first kappa shape index (κ1) is 14.3. The molecule has 1 aliphatic heterocycles. The number of hydrogen-bond donors (Lipinski definition) is 1. The number of aliphatic hydroxyl groups is 1. The van der Waals surface area contributed by atoms with Crippen LogP contribution in [-0.4, -0.2) is 29.1 Å². The summed E-state index contributed by atoms with van der Waals surface area (Å²) < 4.78 is 9.12. The second kappa shape index (κ2) is 5.45. The summed E-state index contributed by atoms with van der Waals surface area (Å²) in [5.41, 5.74) is -0.105. The van der Waals surface area contributed by atoms with Gasteiger partial charge in [-0.25, -0.2) is 9.59 Å². The van der Waals surface area contributed by atoms with Gasteiger partial charge in [0.1, 0.15) is 5.57 Å². The fourth-order valence-electron chi connectivity index (χ4n) is 1.69. The van der Waals surface area contributed by atoms with Gasteiger partial charge in [0.25, 0.3) is 5.69 Å². The largest absolute Gasteiger partial charge is 0.504 e. The van der Waals surface area contributed by atoms with Crippen LogP contribution in [0.25, 0.3) is 5.57 Å². The summed E-state index contributed by atoms with van der Waals surface area (Å²) in [5, 5.41) is 20.5. The molecule has 1 N–H and O–H groups in total. The van der Waals surface area contributed by atoms with Crippen molar-refractivity contribution in [1.82, 2.24) is 0 Å². The fourth-order valence-corrected chi connectivity index (χ4v) is 1.69. The zero-order valence-corrected chi connectivity index (χ0v) is 10.7. The number of non-ortho nitro benzene ring substituents is 1. The highest BCUT2D eigenvalue weighted by Crippen LogP contribution is 2.32. The number of cyclic esters (lactones) is 1. The number of carbonyl (C=O) groups is 2. The second-order valence-corrected chi connectivity index (χ2v) is 3.95. The lowest BCUT2D eigenvalue weighted by molar-refractivity contribution is -0.384. The third-order valence-corrected chi connectivity index (χ3v) is 2.69. The molecule has 0 atom stereocenters. The molecule has 1 aliphatic rings. The van der Waals surface area contributed by atoms with Gasteiger partial charge in [-0.3, -0.25) is 10.1 Å². The number of nitro groups is 1. The van der Waals surface area contributed by atoms with Crippen LogP contribution < -0.4 is 0 Å². The number of benzene rings is 1. The van der Waals surface area contributed by atoms with E-state index in [9.17, 15) is 24.8 Å². The zero-order chi connectivity index (χ0) is 15.6. The minimum absolute atomic E-state index is 0.157. The smallest absolute Gasteiger partial charge is 0.348 e. The Hall–Kier alpha value is -3.16.